The summed E-state index contributed by atoms with van der Waals surface area (Å²) in [5.74, 6) is 0.475. The number of nitrogens with one attached hydrogen (secondary N) is 2. The Morgan fingerprint density at radius 2 is 1.70 bits per heavy atom. The maximum Gasteiger partial charge on any atom is 0.257 e. The second-order valence-electron chi connectivity index (χ2n) is 6.64. The molecule has 0 bridgehead atoms. The molecule has 2 N–H and O–H groups in total. The third kappa shape index (κ3) is 5.24. The molecule has 0 spiro atoms. The van der Waals surface area contributed by atoms with Gasteiger partial charge in [-0.15, -0.1) is 0 Å². The van der Waals surface area contributed by atoms with E-state index in [1.165, 1.54) is 12.1 Å². The zero-order valence-electron chi connectivity index (χ0n) is 17.0. The first-order valence-electron chi connectivity index (χ1n) is 9.63. The van der Waals surface area contributed by atoms with Gasteiger partial charge in [0.15, 0.2) is 0 Å². The van der Waals surface area contributed by atoms with Crippen molar-refractivity contribution < 1.29 is 9.18 Å². The van der Waals surface area contributed by atoms with Gasteiger partial charge in [0.05, 0.1) is 10.6 Å². The highest BCUT2D eigenvalue weighted by Crippen LogP contribution is 2.22. The van der Waals surface area contributed by atoms with Gasteiger partial charge in [-0.2, -0.15) is 4.98 Å². The summed E-state index contributed by atoms with van der Waals surface area (Å²) < 4.78 is 13.2. The summed E-state index contributed by atoms with van der Waals surface area (Å²) in [6.45, 7) is 7.82. The fraction of sp³-hybridized carbons (Fsp3) is 0.227. The maximum atomic E-state index is 13.2. The average molecular weight is 428 g/mol. The number of aromatic nitrogens is 2. The van der Waals surface area contributed by atoms with E-state index in [1.807, 2.05) is 25.1 Å². The van der Waals surface area contributed by atoms with Crippen molar-refractivity contribution in [3.05, 3.63) is 70.6 Å². The number of aryl methyl sites for hydroxylation is 1. The van der Waals surface area contributed by atoms with Crippen LogP contribution in [0.5, 0.6) is 0 Å². The van der Waals surface area contributed by atoms with Crippen LogP contribution in [0.25, 0.3) is 0 Å². The number of halogens is 2. The molecule has 0 unspecified atom stereocenters. The Morgan fingerprint density at radius 1 is 1.03 bits per heavy atom. The summed E-state index contributed by atoms with van der Waals surface area (Å²) >= 11 is 5.95. The van der Waals surface area contributed by atoms with Crippen LogP contribution in [0.15, 0.2) is 48.5 Å². The molecule has 8 heteroatoms. The molecule has 0 fully saturated rings. The van der Waals surface area contributed by atoms with E-state index in [1.54, 1.807) is 12.1 Å². The predicted octanol–water partition coefficient (Wildman–Crippen LogP) is 5.42. The first-order chi connectivity index (χ1) is 14.4. The molecule has 3 rings (SSSR count). The SMILES string of the molecule is CCN(CC)c1cc(C)nc(Nc2ccc(NC(=O)c3ccc(F)cc3Cl)cc2)n1. The van der Waals surface area contributed by atoms with Gasteiger partial charge in [-0.3, -0.25) is 4.79 Å². The highest BCUT2D eigenvalue weighted by Gasteiger charge is 2.12. The fourth-order valence-electron chi connectivity index (χ4n) is 2.96. The van der Waals surface area contributed by atoms with Crippen LogP contribution < -0.4 is 15.5 Å². The minimum absolute atomic E-state index is 0.0615. The Bertz CT molecular complexity index is 1040. The average Bonchev–Trinajstić information content (AvgIpc) is 2.70. The van der Waals surface area contributed by atoms with Gasteiger partial charge in [0.25, 0.3) is 5.91 Å². The third-order valence-electron chi connectivity index (χ3n) is 4.50. The molecule has 0 aliphatic rings. The monoisotopic (exact) mass is 427 g/mol. The molecule has 1 heterocycles. The lowest BCUT2D eigenvalue weighted by molar-refractivity contribution is 0.102. The molecule has 0 atom stereocenters. The number of carbonyl (C=O) groups is 1. The van der Waals surface area contributed by atoms with Crippen LogP contribution in [-0.4, -0.2) is 29.0 Å². The molecule has 0 radical (unpaired) electrons. The van der Waals surface area contributed by atoms with Crippen molar-refractivity contribution >= 4 is 40.6 Å². The number of hydrogen-bond donors (Lipinski definition) is 2. The Kier molecular flexibility index (Phi) is 6.84. The van der Waals surface area contributed by atoms with E-state index in [9.17, 15) is 9.18 Å². The van der Waals surface area contributed by atoms with Gasteiger partial charge in [-0.25, -0.2) is 9.37 Å². The molecule has 1 amide bonds. The number of anilines is 4. The number of benzene rings is 2. The molecule has 30 heavy (non-hydrogen) atoms. The highest BCUT2D eigenvalue weighted by molar-refractivity contribution is 6.34. The summed E-state index contributed by atoms with van der Waals surface area (Å²) in [5.41, 5.74) is 2.44. The fourth-order valence-corrected chi connectivity index (χ4v) is 3.21. The molecular weight excluding hydrogens is 405 g/mol. The van der Waals surface area contributed by atoms with Gasteiger partial charge in [0.2, 0.25) is 5.95 Å². The Labute approximate surface area is 180 Å². The molecule has 0 aliphatic heterocycles. The molecule has 6 nitrogen and oxygen atoms in total. The van der Waals surface area contributed by atoms with Gasteiger partial charge >= 0.3 is 0 Å². The van der Waals surface area contributed by atoms with Crippen molar-refractivity contribution in [1.82, 2.24) is 9.97 Å². The Balaban J connectivity index is 1.71. The van der Waals surface area contributed by atoms with Crippen molar-refractivity contribution in [2.75, 3.05) is 28.6 Å². The number of hydrogen-bond acceptors (Lipinski definition) is 5. The standard InChI is InChI=1S/C22H23ClFN5O/c1-4-29(5-2)20-12-14(3)25-22(28-20)27-17-9-7-16(8-10-17)26-21(30)18-11-6-15(24)13-19(18)23/h6-13H,4-5H2,1-3H3,(H,26,30)(H,25,27,28). The van der Waals surface area contributed by atoms with E-state index in [2.05, 4.69) is 39.3 Å². The van der Waals surface area contributed by atoms with Crippen molar-refractivity contribution in [3.8, 4) is 0 Å². The Morgan fingerprint density at radius 3 is 2.33 bits per heavy atom. The third-order valence-corrected chi connectivity index (χ3v) is 4.82. The Hall–Kier alpha value is -3.19. The lowest BCUT2D eigenvalue weighted by Gasteiger charge is -2.20. The number of nitrogens with zero attached hydrogens (tertiary/aromatic N) is 3. The quantitative estimate of drug-likeness (QED) is 0.526. The zero-order valence-corrected chi connectivity index (χ0v) is 17.8. The largest absolute Gasteiger partial charge is 0.357 e. The number of carbonyl (C=O) groups excluding carboxylic acids is 1. The van der Waals surface area contributed by atoms with Crippen LogP contribution in [0.3, 0.4) is 0 Å². The van der Waals surface area contributed by atoms with Crippen LogP contribution in [0.4, 0.5) is 27.5 Å². The summed E-state index contributed by atoms with van der Waals surface area (Å²) in [6, 6.07) is 12.7. The van der Waals surface area contributed by atoms with E-state index in [0.29, 0.717) is 11.6 Å². The minimum atomic E-state index is -0.491. The molecule has 0 saturated carbocycles. The van der Waals surface area contributed by atoms with Crippen molar-refractivity contribution in [3.63, 3.8) is 0 Å². The molecule has 0 saturated heterocycles. The minimum Gasteiger partial charge on any atom is -0.357 e. The molecule has 1 aromatic heterocycles. The normalized spacial score (nSPS) is 10.6. The van der Waals surface area contributed by atoms with Crippen LogP contribution in [0.1, 0.15) is 29.9 Å². The van der Waals surface area contributed by atoms with Gasteiger partial charge < -0.3 is 15.5 Å². The van der Waals surface area contributed by atoms with Crippen molar-refractivity contribution in [1.29, 1.82) is 0 Å². The van der Waals surface area contributed by atoms with E-state index in [4.69, 9.17) is 11.6 Å². The van der Waals surface area contributed by atoms with E-state index >= 15 is 0 Å². The van der Waals surface area contributed by atoms with Crippen LogP contribution >= 0.6 is 11.6 Å². The number of rotatable bonds is 7. The van der Waals surface area contributed by atoms with E-state index < -0.39 is 11.7 Å². The second-order valence-corrected chi connectivity index (χ2v) is 7.05. The number of amides is 1. The van der Waals surface area contributed by atoms with Gasteiger partial charge in [0.1, 0.15) is 11.6 Å². The van der Waals surface area contributed by atoms with Crippen molar-refractivity contribution in [2.24, 2.45) is 0 Å². The van der Waals surface area contributed by atoms with Crippen LogP contribution in [0.2, 0.25) is 5.02 Å². The molecule has 156 valence electrons. The molecule has 3 aromatic rings. The van der Waals surface area contributed by atoms with Gasteiger partial charge in [0, 0.05) is 36.2 Å². The smallest absolute Gasteiger partial charge is 0.257 e. The first kappa shape index (κ1) is 21.5. The summed E-state index contributed by atoms with van der Waals surface area (Å²) in [4.78, 5) is 23.5. The van der Waals surface area contributed by atoms with E-state index in [0.717, 1.165) is 36.4 Å². The topological polar surface area (TPSA) is 70.2 Å². The molecule has 0 aliphatic carbocycles. The summed E-state index contributed by atoms with van der Waals surface area (Å²) in [5, 5.41) is 6.00. The zero-order chi connectivity index (χ0) is 21.7. The summed E-state index contributed by atoms with van der Waals surface area (Å²) in [6.07, 6.45) is 0. The van der Waals surface area contributed by atoms with E-state index in [-0.39, 0.29) is 10.6 Å². The van der Waals surface area contributed by atoms with Crippen LogP contribution in [0, 0.1) is 12.7 Å². The van der Waals surface area contributed by atoms with Gasteiger partial charge in [-0.1, -0.05) is 11.6 Å². The lowest BCUT2D eigenvalue weighted by atomic mass is 10.2. The highest BCUT2D eigenvalue weighted by atomic mass is 35.5. The van der Waals surface area contributed by atoms with Crippen molar-refractivity contribution in [2.45, 2.75) is 20.8 Å². The first-order valence-corrected chi connectivity index (χ1v) is 10.0. The maximum absolute atomic E-state index is 13.2. The second kappa shape index (κ2) is 9.54. The molecule has 2 aromatic carbocycles. The molecular formula is C22H23ClFN5O. The predicted molar refractivity (Wildman–Crippen MR) is 119 cm³/mol. The lowest BCUT2D eigenvalue weighted by Crippen LogP contribution is -2.23. The van der Waals surface area contributed by atoms with Crippen LogP contribution in [-0.2, 0) is 0 Å². The summed E-state index contributed by atoms with van der Waals surface area (Å²) in [7, 11) is 0. The van der Waals surface area contributed by atoms with Gasteiger partial charge in [-0.05, 0) is 63.2 Å².